The molecule has 0 aliphatic carbocycles. The Hall–Kier alpha value is 0.801. The molecule has 0 N–H and O–H groups in total. The Kier molecular flexibility index (Phi) is 13.4. The average molecular weight is 539 g/mol. The van der Waals surface area contributed by atoms with E-state index in [1.54, 1.807) is 0 Å². The maximum absolute atomic E-state index is 6.72. The van der Waals surface area contributed by atoms with Crippen LogP contribution in [0.3, 0.4) is 0 Å². The molecular weight excluding hydrogens is 485 g/mol. The van der Waals surface area contributed by atoms with Crippen LogP contribution in [0.15, 0.2) is 0 Å². The van der Waals surface area contributed by atoms with Crippen molar-refractivity contribution in [2.45, 2.75) is 111 Å². The maximum atomic E-state index is 6.72. The second kappa shape index (κ2) is 13.9. The molecule has 0 amide bonds. The summed E-state index contributed by atoms with van der Waals surface area (Å²) in [7, 11) is -5.41. The van der Waals surface area contributed by atoms with E-state index in [0.717, 1.165) is 37.6 Å². The predicted octanol–water partition coefficient (Wildman–Crippen LogP) is 7.25. The van der Waals surface area contributed by atoms with Crippen LogP contribution in [0.1, 0.15) is 53.4 Å². The molecule has 1 aliphatic heterocycles. The van der Waals surface area contributed by atoms with Gasteiger partial charge in [-0.25, -0.2) is 0 Å². The van der Waals surface area contributed by atoms with Crippen molar-refractivity contribution < 1.29 is 22.4 Å². The highest BCUT2D eigenvalue weighted by Gasteiger charge is 2.40. The summed E-state index contributed by atoms with van der Waals surface area (Å²) < 4.78 is 31.2. The SMILES string of the molecule is CCCC[Si](C)(C)O[Si](C)(C)O[Si](C)(C)CCSCCCOCC1(CC)COC(C)(C)OC1. The van der Waals surface area contributed by atoms with Crippen molar-refractivity contribution in [3.05, 3.63) is 0 Å². The molecule has 0 spiro atoms. The summed E-state index contributed by atoms with van der Waals surface area (Å²) in [5, 5.41) is 0. The van der Waals surface area contributed by atoms with E-state index in [-0.39, 0.29) is 5.41 Å². The Morgan fingerprint density at radius 1 is 0.818 bits per heavy atom. The van der Waals surface area contributed by atoms with E-state index < -0.39 is 31.0 Å². The Bertz CT molecular complexity index is 548. The molecule has 1 saturated heterocycles. The van der Waals surface area contributed by atoms with Crippen molar-refractivity contribution >= 4 is 37.0 Å². The quantitative estimate of drug-likeness (QED) is 0.143. The third kappa shape index (κ3) is 13.6. The highest BCUT2D eigenvalue weighted by atomic mass is 32.2. The summed E-state index contributed by atoms with van der Waals surface area (Å²) in [6, 6.07) is 2.42. The van der Waals surface area contributed by atoms with Crippen molar-refractivity contribution in [2.24, 2.45) is 5.41 Å². The fraction of sp³-hybridized carbons (Fsp3) is 1.00. The molecule has 0 aromatic carbocycles. The average Bonchev–Trinajstić information content (AvgIpc) is 2.68. The second-order valence-electron chi connectivity index (χ2n) is 11.8. The molecule has 0 aromatic heterocycles. The first-order chi connectivity index (χ1) is 15.2. The molecule has 1 heterocycles. The molecule has 198 valence electrons. The van der Waals surface area contributed by atoms with Gasteiger partial charge in [-0.05, 0) is 89.6 Å². The van der Waals surface area contributed by atoms with Gasteiger partial charge in [0.05, 0.1) is 19.8 Å². The van der Waals surface area contributed by atoms with E-state index in [1.807, 2.05) is 25.6 Å². The van der Waals surface area contributed by atoms with Crippen LogP contribution in [0.2, 0.25) is 51.4 Å². The van der Waals surface area contributed by atoms with Crippen molar-refractivity contribution in [1.29, 1.82) is 0 Å². The smallest absolute Gasteiger partial charge is 0.311 e. The lowest BCUT2D eigenvalue weighted by Crippen LogP contribution is -2.52. The largest absolute Gasteiger partial charge is 0.437 e. The lowest BCUT2D eigenvalue weighted by molar-refractivity contribution is -0.292. The van der Waals surface area contributed by atoms with Gasteiger partial charge >= 0.3 is 8.56 Å². The van der Waals surface area contributed by atoms with Crippen LogP contribution in [-0.4, -0.2) is 68.9 Å². The van der Waals surface area contributed by atoms with Crippen molar-refractivity contribution in [1.82, 2.24) is 0 Å². The molecule has 0 radical (unpaired) electrons. The Balaban J connectivity index is 2.22. The van der Waals surface area contributed by atoms with Crippen LogP contribution in [-0.2, 0) is 22.4 Å². The van der Waals surface area contributed by atoms with E-state index in [1.165, 1.54) is 24.9 Å². The van der Waals surface area contributed by atoms with E-state index >= 15 is 0 Å². The lowest BCUT2D eigenvalue weighted by atomic mass is 9.87. The summed E-state index contributed by atoms with van der Waals surface area (Å²) >= 11 is 2.03. The molecule has 0 unspecified atom stereocenters. The first kappa shape index (κ1) is 31.8. The lowest BCUT2D eigenvalue weighted by Gasteiger charge is -2.42. The molecule has 0 saturated carbocycles. The van der Waals surface area contributed by atoms with Gasteiger partial charge in [0, 0.05) is 12.0 Å². The van der Waals surface area contributed by atoms with Gasteiger partial charge in [0.2, 0.25) is 0 Å². The Morgan fingerprint density at radius 2 is 1.39 bits per heavy atom. The predicted molar refractivity (Wildman–Crippen MR) is 151 cm³/mol. The van der Waals surface area contributed by atoms with Crippen LogP contribution in [0, 0.1) is 5.41 Å². The summed E-state index contributed by atoms with van der Waals surface area (Å²) in [6.45, 7) is 25.3. The number of rotatable bonds is 17. The molecular formula is C24H54O5SSi3. The van der Waals surface area contributed by atoms with Gasteiger partial charge in [-0.15, -0.1) is 0 Å². The highest BCUT2D eigenvalue weighted by molar-refractivity contribution is 7.99. The third-order valence-electron chi connectivity index (χ3n) is 6.21. The van der Waals surface area contributed by atoms with Gasteiger partial charge < -0.3 is 22.4 Å². The minimum Gasteiger partial charge on any atom is -0.437 e. The molecule has 0 aromatic rings. The third-order valence-corrected chi connectivity index (χ3v) is 19.0. The van der Waals surface area contributed by atoms with Crippen LogP contribution in [0.4, 0.5) is 0 Å². The molecule has 0 bridgehead atoms. The Morgan fingerprint density at radius 3 is 1.94 bits per heavy atom. The zero-order chi connectivity index (χ0) is 25.2. The highest BCUT2D eigenvalue weighted by Crippen LogP contribution is 2.33. The van der Waals surface area contributed by atoms with Gasteiger partial charge in [-0.1, -0.05) is 26.7 Å². The van der Waals surface area contributed by atoms with Crippen LogP contribution >= 0.6 is 11.8 Å². The standard InChI is InChI=1S/C24H54O5SSi3/c1-11-13-18-31(5,6)28-33(9,10)29-32(7,8)19-17-30-16-14-15-25-20-24(12-2)21-26-23(3,4)27-22-24/h11-22H2,1-10H3. The van der Waals surface area contributed by atoms with E-state index in [2.05, 4.69) is 53.1 Å². The zero-order valence-corrected chi connectivity index (χ0v) is 27.3. The summed E-state index contributed by atoms with van der Waals surface area (Å²) in [6.07, 6.45) is 4.61. The summed E-state index contributed by atoms with van der Waals surface area (Å²) in [5.41, 5.74) is 0.00233. The Labute approximate surface area is 212 Å². The zero-order valence-electron chi connectivity index (χ0n) is 23.4. The first-order valence-electron chi connectivity index (χ1n) is 13.0. The number of ether oxygens (including phenoxy) is 3. The number of hydrogen-bond donors (Lipinski definition) is 0. The van der Waals surface area contributed by atoms with E-state index in [0.29, 0.717) is 13.2 Å². The number of thioether (sulfide) groups is 1. The molecule has 1 aliphatic rings. The minimum absolute atomic E-state index is 0.00233. The fourth-order valence-corrected chi connectivity index (χ4v) is 20.4. The van der Waals surface area contributed by atoms with Gasteiger partial charge in [0.1, 0.15) is 0 Å². The van der Waals surface area contributed by atoms with Gasteiger partial charge in [0.15, 0.2) is 22.4 Å². The summed E-state index contributed by atoms with van der Waals surface area (Å²) in [5.74, 6) is 1.83. The van der Waals surface area contributed by atoms with Gasteiger partial charge in [-0.3, -0.25) is 0 Å². The van der Waals surface area contributed by atoms with Crippen molar-refractivity contribution in [2.75, 3.05) is 37.9 Å². The van der Waals surface area contributed by atoms with Gasteiger partial charge in [-0.2, -0.15) is 11.8 Å². The molecule has 5 nitrogen and oxygen atoms in total. The number of hydrogen-bond acceptors (Lipinski definition) is 6. The second-order valence-corrected chi connectivity index (χ2v) is 25.5. The van der Waals surface area contributed by atoms with Crippen LogP contribution < -0.4 is 0 Å². The van der Waals surface area contributed by atoms with Crippen LogP contribution in [0.25, 0.3) is 0 Å². The molecule has 33 heavy (non-hydrogen) atoms. The molecule has 0 atom stereocenters. The summed E-state index contributed by atoms with van der Waals surface area (Å²) in [4.78, 5) is 0. The first-order valence-corrected chi connectivity index (χ1v) is 23.2. The van der Waals surface area contributed by atoms with E-state index in [9.17, 15) is 0 Å². The number of unbranched alkanes of at least 4 members (excludes halogenated alkanes) is 1. The topological polar surface area (TPSA) is 46.2 Å². The molecule has 9 heteroatoms. The normalized spacial score (nSPS) is 19.1. The van der Waals surface area contributed by atoms with Crippen molar-refractivity contribution in [3.8, 4) is 0 Å². The van der Waals surface area contributed by atoms with E-state index in [4.69, 9.17) is 22.4 Å². The molecule has 1 rings (SSSR count). The maximum Gasteiger partial charge on any atom is 0.311 e. The monoisotopic (exact) mass is 538 g/mol. The molecule has 1 fully saturated rings. The minimum atomic E-state index is -2.07. The van der Waals surface area contributed by atoms with Gasteiger partial charge in [0.25, 0.3) is 0 Å². The van der Waals surface area contributed by atoms with Crippen LogP contribution in [0.5, 0.6) is 0 Å². The fourth-order valence-electron chi connectivity index (χ4n) is 4.15. The van der Waals surface area contributed by atoms with Crippen molar-refractivity contribution in [3.63, 3.8) is 0 Å².